The van der Waals surface area contributed by atoms with Gasteiger partial charge in [0.2, 0.25) is 5.95 Å². The molecule has 23 heavy (non-hydrogen) atoms. The molecule has 0 radical (unpaired) electrons. The van der Waals surface area contributed by atoms with Gasteiger partial charge in [-0.05, 0) is 30.7 Å². The quantitative estimate of drug-likeness (QED) is 0.741. The van der Waals surface area contributed by atoms with Crippen LogP contribution in [-0.4, -0.2) is 46.0 Å². The van der Waals surface area contributed by atoms with Gasteiger partial charge in [0.05, 0.1) is 15.7 Å². The van der Waals surface area contributed by atoms with E-state index in [0.717, 1.165) is 37.6 Å². The third kappa shape index (κ3) is 2.92. The molecular weight excluding hydrogens is 306 g/mol. The Morgan fingerprint density at radius 3 is 2.61 bits per heavy atom. The maximum absolute atomic E-state index is 4.43. The molecule has 6 heteroatoms. The Labute approximate surface area is 139 Å². The fraction of sp³-hybridized carbons (Fsp3) is 0.353. The number of fused-ring (bicyclic) bond motifs is 1. The van der Waals surface area contributed by atoms with Gasteiger partial charge in [0.1, 0.15) is 0 Å². The van der Waals surface area contributed by atoms with Crippen molar-refractivity contribution < 1.29 is 0 Å². The van der Waals surface area contributed by atoms with E-state index in [4.69, 9.17) is 0 Å². The van der Waals surface area contributed by atoms with E-state index in [1.54, 1.807) is 23.7 Å². The molecule has 2 aromatic heterocycles. The summed E-state index contributed by atoms with van der Waals surface area (Å²) in [5, 5.41) is 0. The first-order chi connectivity index (χ1) is 11.3. The van der Waals surface area contributed by atoms with Crippen LogP contribution in [0.3, 0.4) is 0 Å². The molecule has 1 aromatic carbocycles. The van der Waals surface area contributed by atoms with E-state index >= 15 is 0 Å². The molecule has 1 aliphatic rings. The molecule has 0 bridgehead atoms. The van der Waals surface area contributed by atoms with Crippen molar-refractivity contribution in [3.05, 3.63) is 47.7 Å². The van der Waals surface area contributed by atoms with E-state index in [1.807, 2.05) is 11.6 Å². The lowest BCUT2D eigenvalue weighted by Crippen LogP contribution is -2.47. The van der Waals surface area contributed by atoms with Crippen molar-refractivity contribution in [3.63, 3.8) is 0 Å². The van der Waals surface area contributed by atoms with E-state index < -0.39 is 0 Å². The minimum Gasteiger partial charge on any atom is -0.338 e. The maximum Gasteiger partial charge on any atom is 0.225 e. The van der Waals surface area contributed by atoms with Gasteiger partial charge in [0, 0.05) is 44.6 Å². The fourth-order valence-corrected chi connectivity index (χ4v) is 3.77. The molecule has 0 amide bonds. The van der Waals surface area contributed by atoms with E-state index in [0.29, 0.717) is 6.04 Å². The van der Waals surface area contributed by atoms with Crippen molar-refractivity contribution >= 4 is 27.5 Å². The lowest BCUT2D eigenvalue weighted by molar-refractivity contribution is 0.198. The third-order valence-corrected chi connectivity index (χ3v) is 5.34. The van der Waals surface area contributed by atoms with Crippen LogP contribution in [0.5, 0.6) is 0 Å². The van der Waals surface area contributed by atoms with Crippen LogP contribution in [0.25, 0.3) is 10.2 Å². The molecule has 5 nitrogen and oxygen atoms in total. The zero-order valence-electron chi connectivity index (χ0n) is 13.1. The largest absolute Gasteiger partial charge is 0.338 e. The smallest absolute Gasteiger partial charge is 0.225 e. The molecule has 0 N–H and O–H groups in total. The van der Waals surface area contributed by atoms with Crippen LogP contribution >= 0.6 is 11.3 Å². The average molecular weight is 325 g/mol. The van der Waals surface area contributed by atoms with Gasteiger partial charge < -0.3 is 4.90 Å². The van der Waals surface area contributed by atoms with Crippen LogP contribution in [-0.2, 0) is 0 Å². The number of piperazine rings is 1. The monoisotopic (exact) mass is 325 g/mol. The first-order valence-corrected chi connectivity index (χ1v) is 8.78. The lowest BCUT2D eigenvalue weighted by Gasteiger charge is -2.38. The molecule has 0 saturated carbocycles. The molecular formula is C17H19N5S. The van der Waals surface area contributed by atoms with E-state index in [9.17, 15) is 0 Å². The summed E-state index contributed by atoms with van der Waals surface area (Å²) in [6.45, 7) is 6.26. The molecule has 0 spiro atoms. The Morgan fingerprint density at radius 1 is 1.04 bits per heavy atom. The summed E-state index contributed by atoms with van der Waals surface area (Å²) in [6, 6.07) is 8.91. The van der Waals surface area contributed by atoms with Crippen LogP contribution in [0.15, 0.2) is 42.2 Å². The molecule has 4 rings (SSSR count). The highest BCUT2D eigenvalue weighted by atomic mass is 32.1. The molecule has 3 heterocycles. The predicted octanol–water partition coefficient (Wildman–Crippen LogP) is 2.97. The Hall–Kier alpha value is -2.05. The highest BCUT2D eigenvalue weighted by Crippen LogP contribution is 2.26. The molecule has 0 unspecified atom stereocenters. The van der Waals surface area contributed by atoms with Crippen molar-refractivity contribution in [2.24, 2.45) is 0 Å². The summed E-state index contributed by atoms with van der Waals surface area (Å²) < 4.78 is 1.26. The number of rotatable bonds is 3. The maximum atomic E-state index is 4.43. The summed E-state index contributed by atoms with van der Waals surface area (Å²) >= 11 is 1.70. The van der Waals surface area contributed by atoms with E-state index in [-0.39, 0.29) is 0 Å². The zero-order valence-corrected chi connectivity index (χ0v) is 13.9. The molecule has 1 fully saturated rings. The van der Waals surface area contributed by atoms with Crippen LogP contribution in [0.4, 0.5) is 5.95 Å². The second-order valence-electron chi connectivity index (χ2n) is 5.83. The van der Waals surface area contributed by atoms with Crippen molar-refractivity contribution in [3.8, 4) is 0 Å². The van der Waals surface area contributed by atoms with E-state index in [2.05, 4.69) is 49.9 Å². The summed E-state index contributed by atoms with van der Waals surface area (Å²) in [5.74, 6) is 0.837. The standard InChI is InChI=1S/C17H19N5S/c1-13(14-3-4-16-15(11-14)20-12-23-16)21-7-9-22(10-8-21)17-18-5-2-6-19-17/h2-6,11-13H,7-10H2,1H3/t13-/m0/s1. The van der Waals surface area contributed by atoms with E-state index in [1.165, 1.54) is 10.3 Å². The predicted molar refractivity (Wildman–Crippen MR) is 93.9 cm³/mol. The second kappa shape index (κ2) is 6.22. The lowest BCUT2D eigenvalue weighted by atomic mass is 10.1. The van der Waals surface area contributed by atoms with Gasteiger partial charge in [-0.2, -0.15) is 0 Å². The highest BCUT2D eigenvalue weighted by Gasteiger charge is 2.23. The normalized spacial score (nSPS) is 17.5. The number of thiazole rings is 1. The molecule has 1 atom stereocenters. The molecule has 1 saturated heterocycles. The Kier molecular flexibility index (Phi) is 3.93. The molecule has 1 aliphatic heterocycles. The van der Waals surface area contributed by atoms with Crippen molar-refractivity contribution in [1.29, 1.82) is 0 Å². The van der Waals surface area contributed by atoms with Crippen LogP contribution < -0.4 is 4.90 Å². The number of benzene rings is 1. The number of hydrogen-bond donors (Lipinski definition) is 0. The number of hydrogen-bond acceptors (Lipinski definition) is 6. The number of nitrogens with zero attached hydrogens (tertiary/aromatic N) is 5. The van der Waals surface area contributed by atoms with Gasteiger partial charge >= 0.3 is 0 Å². The van der Waals surface area contributed by atoms with Gasteiger partial charge in [0.25, 0.3) is 0 Å². The second-order valence-corrected chi connectivity index (χ2v) is 6.71. The van der Waals surface area contributed by atoms with Crippen molar-refractivity contribution in [1.82, 2.24) is 19.9 Å². The van der Waals surface area contributed by atoms with Gasteiger partial charge in [-0.25, -0.2) is 15.0 Å². The minimum atomic E-state index is 0.403. The molecule has 3 aromatic rings. The minimum absolute atomic E-state index is 0.403. The van der Waals surface area contributed by atoms with Crippen LogP contribution in [0, 0.1) is 0 Å². The topological polar surface area (TPSA) is 45.2 Å². The van der Waals surface area contributed by atoms with Gasteiger partial charge in [-0.3, -0.25) is 4.90 Å². The summed E-state index contributed by atoms with van der Waals surface area (Å²) in [7, 11) is 0. The van der Waals surface area contributed by atoms with Crippen LogP contribution in [0.1, 0.15) is 18.5 Å². The molecule has 118 valence electrons. The molecule has 0 aliphatic carbocycles. The van der Waals surface area contributed by atoms with Crippen molar-refractivity contribution in [2.75, 3.05) is 31.1 Å². The van der Waals surface area contributed by atoms with Crippen molar-refractivity contribution in [2.45, 2.75) is 13.0 Å². The van der Waals surface area contributed by atoms with Gasteiger partial charge in [0.15, 0.2) is 0 Å². The van der Waals surface area contributed by atoms with Gasteiger partial charge in [-0.1, -0.05) is 6.07 Å². The first kappa shape index (κ1) is 14.5. The highest BCUT2D eigenvalue weighted by molar-refractivity contribution is 7.16. The first-order valence-electron chi connectivity index (χ1n) is 7.90. The Bertz CT molecular complexity index is 780. The van der Waals surface area contributed by atoms with Gasteiger partial charge in [-0.15, -0.1) is 11.3 Å². The SMILES string of the molecule is C[C@@H](c1ccc2scnc2c1)N1CCN(c2ncccn2)CC1. The average Bonchev–Trinajstić information content (AvgIpc) is 3.10. The number of anilines is 1. The fourth-order valence-electron chi connectivity index (χ4n) is 3.11. The Balaban J connectivity index is 1.45. The zero-order chi connectivity index (χ0) is 15.6. The summed E-state index contributed by atoms with van der Waals surface area (Å²) in [6.07, 6.45) is 3.61. The summed E-state index contributed by atoms with van der Waals surface area (Å²) in [4.78, 5) is 17.9. The summed E-state index contributed by atoms with van der Waals surface area (Å²) in [5.41, 5.74) is 4.36. The number of aromatic nitrogens is 3. The third-order valence-electron chi connectivity index (χ3n) is 4.53. The van der Waals surface area contributed by atoms with Crippen LogP contribution in [0.2, 0.25) is 0 Å². The Morgan fingerprint density at radius 2 is 1.83 bits per heavy atom.